The number of likely N-dealkylation sites (N-methyl/N-ethyl adjacent to an activating group) is 1. The molecule has 0 radical (unpaired) electrons. The first kappa shape index (κ1) is 42.0. The number of hydrogen-bond donors (Lipinski definition) is 2. The zero-order valence-corrected chi connectivity index (χ0v) is 32.9. The Balaban J connectivity index is 1.53. The van der Waals surface area contributed by atoms with Crippen molar-refractivity contribution in [2.75, 3.05) is 34.0 Å². The predicted molar refractivity (Wildman–Crippen MR) is 215 cm³/mol. The molecule has 0 bridgehead atoms. The number of nitro benzene ring substituents is 1. The normalized spacial score (nSPS) is 23.7. The highest BCUT2D eigenvalue weighted by Crippen LogP contribution is 2.62. The van der Waals surface area contributed by atoms with E-state index in [1.165, 1.54) is 24.1 Å². The molecule has 0 aromatic heterocycles. The fourth-order valence-corrected chi connectivity index (χ4v) is 8.75. The van der Waals surface area contributed by atoms with Crippen LogP contribution in [-0.4, -0.2) is 83.9 Å². The van der Waals surface area contributed by atoms with E-state index in [2.05, 4.69) is 12.7 Å². The highest BCUT2D eigenvalue weighted by Gasteiger charge is 2.65. The molecule has 6 rings (SSSR count). The number of rotatable bonds is 19. The van der Waals surface area contributed by atoms with Crippen LogP contribution in [0.25, 0.3) is 0 Å². The summed E-state index contributed by atoms with van der Waals surface area (Å²) >= 11 is 0. The van der Waals surface area contributed by atoms with Gasteiger partial charge in [0.2, 0.25) is 5.79 Å². The summed E-state index contributed by atoms with van der Waals surface area (Å²) in [4.78, 5) is 43.3. The number of nitro groups is 1. The lowest BCUT2D eigenvalue weighted by atomic mass is 9.55. The number of allylic oxidation sites excluding steroid dienone is 1. The fourth-order valence-electron chi connectivity index (χ4n) is 8.75. The Bertz CT molecular complexity index is 2000. The van der Waals surface area contributed by atoms with Gasteiger partial charge in [0.25, 0.3) is 5.69 Å². The number of methoxy groups -OCH3 is 1. The Morgan fingerprint density at radius 1 is 1.05 bits per heavy atom. The first-order valence-electron chi connectivity index (χ1n) is 19.7. The van der Waals surface area contributed by atoms with Crippen LogP contribution in [0.4, 0.5) is 10.5 Å². The van der Waals surface area contributed by atoms with Gasteiger partial charge >= 0.3 is 6.09 Å². The summed E-state index contributed by atoms with van der Waals surface area (Å²) in [5.41, 5.74) is 3.42. The van der Waals surface area contributed by atoms with Crippen molar-refractivity contribution in [3.63, 3.8) is 0 Å². The number of amides is 1. The van der Waals surface area contributed by atoms with E-state index in [9.17, 15) is 29.9 Å². The van der Waals surface area contributed by atoms with Gasteiger partial charge in [0, 0.05) is 55.9 Å². The van der Waals surface area contributed by atoms with E-state index in [0.717, 1.165) is 43.1 Å². The number of fused-ring (bicyclic) bond motifs is 2. The largest absolute Gasteiger partial charge is 0.459 e. The molecule has 1 saturated carbocycles. The first-order chi connectivity index (χ1) is 28.2. The molecule has 1 heterocycles. The molecule has 308 valence electrons. The molecular formula is C44H51N3O11. The number of unbranched alkanes of at least 4 members (excludes halogenated alkanes) is 2. The maximum Gasteiger partial charge on any atom is 0.409 e. The van der Waals surface area contributed by atoms with E-state index in [4.69, 9.17) is 28.9 Å². The van der Waals surface area contributed by atoms with Crippen LogP contribution in [-0.2, 0) is 20.9 Å². The zero-order chi connectivity index (χ0) is 41.2. The molecule has 1 fully saturated rings. The minimum atomic E-state index is -1.45. The van der Waals surface area contributed by atoms with Crippen LogP contribution in [0.2, 0.25) is 0 Å². The monoisotopic (exact) mass is 797 g/mol. The number of aliphatic hydroxyl groups excluding tert-OH is 2. The predicted octanol–water partition coefficient (Wildman–Crippen LogP) is 7.73. The van der Waals surface area contributed by atoms with Gasteiger partial charge in [0.05, 0.1) is 30.3 Å². The topological polar surface area (TPSA) is 179 Å². The molecule has 58 heavy (non-hydrogen) atoms. The number of carbonyl (C=O) groups is 2. The lowest BCUT2D eigenvalue weighted by Gasteiger charge is -2.59. The van der Waals surface area contributed by atoms with Crippen LogP contribution in [0.1, 0.15) is 72.3 Å². The first-order valence-corrected chi connectivity index (χ1v) is 19.7. The van der Waals surface area contributed by atoms with Crippen molar-refractivity contribution in [2.24, 2.45) is 22.9 Å². The summed E-state index contributed by atoms with van der Waals surface area (Å²) in [6.45, 7) is 4.19. The summed E-state index contributed by atoms with van der Waals surface area (Å²) in [6, 6.07) is 17.8. The van der Waals surface area contributed by atoms with Crippen LogP contribution >= 0.6 is 0 Å². The van der Waals surface area contributed by atoms with E-state index in [0.29, 0.717) is 46.9 Å². The third-order valence-corrected chi connectivity index (χ3v) is 11.4. The van der Waals surface area contributed by atoms with Crippen LogP contribution in [0, 0.1) is 27.9 Å². The lowest BCUT2D eigenvalue weighted by Crippen LogP contribution is -2.69. The van der Waals surface area contributed by atoms with Crippen molar-refractivity contribution >= 4 is 23.8 Å². The van der Waals surface area contributed by atoms with Gasteiger partial charge in [-0.15, -0.1) is 6.58 Å². The van der Waals surface area contributed by atoms with Crippen LogP contribution in [0.15, 0.2) is 96.2 Å². The maximum atomic E-state index is 13.4. The Labute approximate surface area is 337 Å². The summed E-state index contributed by atoms with van der Waals surface area (Å²) < 4.78 is 25.5. The minimum absolute atomic E-state index is 0.00755. The smallest absolute Gasteiger partial charge is 0.409 e. The number of aliphatic hydroxyl groups is 2. The maximum absolute atomic E-state index is 13.4. The molecule has 3 aromatic carbocycles. The fraction of sp³-hybridized carbons (Fsp3) is 0.432. The van der Waals surface area contributed by atoms with Gasteiger partial charge in [0.15, 0.2) is 0 Å². The highest BCUT2D eigenvalue weighted by atomic mass is 16.7. The number of nitrogens with zero attached hydrogens (tertiary/aromatic N) is 3. The summed E-state index contributed by atoms with van der Waals surface area (Å²) in [6.07, 6.45) is 8.49. The molecule has 6 atom stereocenters. The molecule has 3 aromatic rings. The van der Waals surface area contributed by atoms with Gasteiger partial charge in [-0.25, -0.2) is 4.79 Å². The Hall–Kier alpha value is -5.57. The second kappa shape index (κ2) is 19.2. The van der Waals surface area contributed by atoms with E-state index in [-0.39, 0.29) is 56.3 Å². The minimum Gasteiger partial charge on any atom is -0.459 e. The van der Waals surface area contributed by atoms with Crippen LogP contribution < -0.4 is 9.47 Å². The van der Waals surface area contributed by atoms with E-state index < -0.39 is 28.8 Å². The molecule has 3 aliphatic rings. The molecule has 1 aliphatic heterocycles. The summed E-state index contributed by atoms with van der Waals surface area (Å²) in [5, 5.41) is 35.6. The van der Waals surface area contributed by atoms with Gasteiger partial charge in [-0.3, -0.25) is 14.9 Å². The van der Waals surface area contributed by atoms with Crippen LogP contribution in [0.5, 0.6) is 17.2 Å². The molecular weight excluding hydrogens is 746 g/mol. The van der Waals surface area contributed by atoms with Gasteiger partial charge < -0.3 is 38.9 Å². The van der Waals surface area contributed by atoms with Crippen molar-refractivity contribution < 1.29 is 48.5 Å². The number of aldehydes is 1. The Morgan fingerprint density at radius 3 is 2.48 bits per heavy atom. The Morgan fingerprint density at radius 2 is 1.79 bits per heavy atom. The number of hydrogen-bond acceptors (Lipinski definition) is 12. The number of carbonyl (C=O) groups excluding carboxylic acids is 2. The van der Waals surface area contributed by atoms with Gasteiger partial charge in [-0.05, 0) is 91.1 Å². The van der Waals surface area contributed by atoms with E-state index in [1.807, 2.05) is 12.1 Å². The molecule has 2 aliphatic carbocycles. The molecule has 0 spiro atoms. The number of non-ortho nitro benzene ring substituents is 1. The Kier molecular flexibility index (Phi) is 14.0. The van der Waals surface area contributed by atoms with Crippen molar-refractivity contribution in [3.8, 4) is 17.2 Å². The molecule has 0 saturated heterocycles. The van der Waals surface area contributed by atoms with Crippen molar-refractivity contribution in [2.45, 2.75) is 69.3 Å². The highest BCUT2D eigenvalue weighted by molar-refractivity contribution is 6.03. The molecule has 1 amide bonds. The van der Waals surface area contributed by atoms with Gasteiger partial charge in [-0.2, -0.15) is 0 Å². The lowest BCUT2D eigenvalue weighted by molar-refractivity contribution is -0.384. The average Bonchev–Trinajstić information content (AvgIpc) is 3.24. The van der Waals surface area contributed by atoms with Gasteiger partial charge in [-0.1, -0.05) is 42.3 Å². The third-order valence-electron chi connectivity index (χ3n) is 11.4. The van der Waals surface area contributed by atoms with Gasteiger partial charge in [0.1, 0.15) is 36.2 Å². The SMILES string of the molecule is C=CCO[C@@]12Oc3ccc(Oc4cccc(C=O)c4)cc3[C@H]3[C@H](CCCCO)[C@@H](CCCCO)C=C(C(=NOCc4ccc([N+](=O)[O-])cc4)C[C@@H]1N(C)C(=O)OC)[C@H]32. The molecule has 0 unspecified atom stereocenters. The zero-order valence-electron chi connectivity index (χ0n) is 32.9. The van der Waals surface area contributed by atoms with Crippen molar-refractivity contribution in [1.82, 2.24) is 4.90 Å². The van der Waals surface area contributed by atoms with Crippen LogP contribution in [0.3, 0.4) is 0 Å². The quantitative estimate of drug-likeness (QED) is 0.0399. The van der Waals surface area contributed by atoms with E-state index >= 15 is 0 Å². The third kappa shape index (κ3) is 8.94. The number of oxime groups is 1. The molecule has 14 nitrogen and oxygen atoms in total. The summed E-state index contributed by atoms with van der Waals surface area (Å²) in [7, 11) is 2.95. The second-order valence-corrected chi connectivity index (χ2v) is 14.8. The number of benzene rings is 3. The van der Waals surface area contributed by atoms with E-state index in [1.54, 1.807) is 55.6 Å². The standard InChI is InChI=1S/C44H51N3O11/c1-4-22-55-44-40(46(2)43(51)54-3)26-38(45-56-28-29-14-16-32(17-15-29)47(52)53)36-24-31(11-5-7-20-48)35(13-6-8-21-49)41(42(36)44)37-25-34(18-19-39(37)58-44)57-33-12-9-10-30(23-33)27-50/h4,9-10,12,14-19,23-25,27,31,35,40-42,48-49H,1,5-8,11,13,20-22,26,28H2,2-3H3/t31-,35+,40-,41+,42+,44+/m0/s1. The average molecular weight is 798 g/mol. The van der Waals surface area contributed by atoms with Crippen molar-refractivity contribution in [3.05, 3.63) is 118 Å². The number of ether oxygens (including phenoxy) is 4. The summed E-state index contributed by atoms with van der Waals surface area (Å²) in [5.74, 6) is -0.706. The second-order valence-electron chi connectivity index (χ2n) is 14.8. The molecule has 2 N–H and O–H groups in total. The van der Waals surface area contributed by atoms with Crippen molar-refractivity contribution in [1.29, 1.82) is 0 Å². The molecule has 14 heteroatoms.